The van der Waals surface area contributed by atoms with Gasteiger partial charge in [-0.2, -0.15) is 0 Å². The molecule has 2 aliphatic rings. The molecule has 4 heterocycles. The summed E-state index contributed by atoms with van der Waals surface area (Å²) in [5.74, 6) is 0.419. The van der Waals surface area contributed by atoms with Gasteiger partial charge in [-0.05, 0) is 38.0 Å². The van der Waals surface area contributed by atoms with E-state index in [1.165, 1.54) is 18.5 Å². The van der Waals surface area contributed by atoms with Crippen molar-refractivity contribution in [2.45, 2.75) is 25.3 Å². The number of aromatic nitrogens is 3. The first kappa shape index (κ1) is 21.8. The molecule has 2 atom stereocenters. The molecule has 5 rings (SSSR count). The van der Waals surface area contributed by atoms with Crippen molar-refractivity contribution in [2.75, 3.05) is 18.8 Å². The maximum atomic E-state index is 15.1. The second-order valence-corrected chi connectivity index (χ2v) is 10.8. The van der Waals surface area contributed by atoms with E-state index in [1.807, 2.05) is 0 Å². The van der Waals surface area contributed by atoms with Crippen LogP contribution in [0.25, 0.3) is 22.8 Å². The quantitative estimate of drug-likeness (QED) is 0.599. The Bertz CT molecular complexity index is 1370. The molecule has 0 saturated carbocycles. The minimum atomic E-state index is -2.83. The molecule has 12 heteroatoms. The van der Waals surface area contributed by atoms with Crippen LogP contribution in [0.5, 0.6) is 0 Å². The number of hydrogen-bond acceptors (Lipinski definition) is 8. The molecule has 1 aromatic carbocycles. The van der Waals surface area contributed by atoms with Crippen LogP contribution in [-0.2, 0) is 15.5 Å². The first-order valence-electron chi connectivity index (χ1n) is 10.4. The molecule has 33 heavy (non-hydrogen) atoms. The summed E-state index contributed by atoms with van der Waals surface area (Å²) in [5.41, 5.74) is 6.28. The van der Waals surface area contributed by atoms with Gasteiger partial charge in [0.1, 0.15) is 21.3 Å². The van der Waals surface area contributed by atoms with Crippen LogP contribution in [0, 0.1) is 5.82 Å². The summed E-state index contributed by atoms with van der Waals surface area (Å²) in [7, 11) is -2.83. The lowest BCUT2D eigenvalue weighted by Gasteiger charge is -2.38. The van der Waals surface area contributed by atoms with Gasteiger partial charge < -0.3 is 10.3 Å². The van der Waals surface area contributed by atoms with Gasteiger partial charge in [-0.15, -0.1) is 0 Å². The molecule has 2 aromatic heterocycles. The summed E-state index contributed by atoms with van der Waals surface area (Å²) in [6.45, 7) is 2.72. The molecule has 0 aliphatic carbocycles. The standard InChI is InChI=1S/C21H21ClFN7O2S/c1-21(12-33(31)27-6-2-3-7-30(33)20(24)28-21)15-8-13(4-5-16(15)23)18-9-17(29-32-18)19-25-10-14(22)11-26-19/h4-5,8-11H,2-3,6-7,12H2,1H3,(H2,24,28)/t21-,33-/m0/s1. The summed E-state index contributed by atoms with van der Waals surface area (Å²) in [6.07, 6.45) is 4.57. The number of hydrogen-bond donors (Lipinski definition) is 1. The number of nitrogens with zero attached hydrogens (tertiary/aromatic N) is 6. The Labute approximate surface area is 195 Å². The van der Waals surface area contributed by atoms with Gasteiger partial charge in [0, 0.05) is 36.1 Å². The minimum absolute atomic E-state index is 0.0430. The number of benzene rings is 1. The molecule has 0 saturated heterocycles. The third kappa shape index (κ3) is 3.95. The molecule has 0 fully saturated rings. The fourth-order valence-electron chi connectivity index (χ4n) is 4.07. The van der Waals surface area contributed by atoms with Crippen LogP contribution in [0.1, 0.15) is 25.3 Å². The molecule has 0 radical (unpaired) electrons. The van der Waals surface area contributed by atoms with Crippen molar-refractivity contribution in [3.05, 3.63) is 53.1 Å². The van der Waals surface area contributed by atoms with Crippen LogP contribution in [0.2, 0.25) is 5.02 Å². The number of fused-ring (bicyclic) bond motifs is 1. The lowest BCUT2D eigenvalue weighted by atomic mass is 9.92. The Balaban J connectivity index is 1.55. The van der Waals surface area contributed by atoms with E-state index in [4.69, 9.17) is 21.9 Å². The predicted octanol–water partition coefficient (Wildman–Crippen LogP) is 3.61. The highest BCUT2D eigenvalue weighted by Crippen LogP contribution is 2.37. The smallest absolute Gasteiger partial charge is 0.204 e. The fraction of sp³-hybridized carbons (Fsp3) is 0.333. The maximum Gasteiger partial charge on any atom is 0.204 e. The Morgan fingerprint density at radius 3 is 2.82 bits per heavy atom. The summed E-state index contributed by atoms with van der Waals surface area (Å²) in [6, 6.07) is 6.18. The lowest BCUT2D eigenvalue weighted by molar-refractivity contribution is 0.433. The second kappa shape index (κ2) is 8.07. The fourth-order valence-corrected chi connectivity index (χ4v) is 6.67. The first-order chi connectivity index (χ1) is 15.8. The van der Waals surface area contributed by atoms with Crippen molar-refractivity contribution in [1.82, 2.24) is 19.4 Å². The van der Waals surface area contributed by atoms with Gasteiger partial charge in [0.25, 0.3) is 0 Å². The molecular formula is C21H21ClFN7O2S. The van der Waals surface area contributed by atoms with Crippen molar-refractivity contribution >= 4 is 27.5 Å². The molecule has 0 amide bonds. The topological polar surface area (TPSA) is 123 Å². The highest BCUT2D eigenvalue weighted by molar-refractivity contribution is 7.92. The normalized spacial score (nSPS) is 25.1. The van der Waals surface area contributed by atoms with Gasteiger partial charge in [0.05, 0.1) is 17.3 Å². The summed E-state index contributed by atoms with van der Waals surface area (Å²) >= 11 is 5.84. The van der Waals surface area contributed by atoms with Crippen LogP contribution in [0.15, 0.2) is 50.5 Å². The number of guanidine groups is 1. The van der Waals surface area contributed by atoms with E-state index < -0.39 is 21.3 Å². The van der Waals surface area contributed by atoms with Gasteiger partial charge >= 0.3 is 0 Å². The largest absolute Gasteiger partial charge is 0.369 e. The van der Waals surface area contributed by atoms with Crippen LogP contribution in [-0.4, -0.2) is 48.4 Å². The van der Waals surface area contributed by atoms with E-state index in [-0.39, 0.29) is 17.3 Å². The molecule has 9 nitrogen and oxygen atoms in total. The maximum absolute atomic E-state index is 15.1. The molecule has 172 valence electrons. The van der Waals surface area contributed by atoms with E-state index in [2.05, 4.69) is 24.5 Å². The SMILES string of the molecule is C[C@@]1(c2cc(-c3cc(-c4ncc(Cl)cn4)no3)ccc2F)C[S@]2(=O)=NCCCCN2C(N)=N1. The Kier molecular flexibility index (Phi) is 5.32. The summed E-state index contributed by atoms with van der Waals surface area (Å²) < 4.78 is 40.2. The van der Waals surface area contributed by atoms with Crippen LogP contribution in [0.4, 0.5) is 4.39 Å². The average Bonchev–Trinajstić information content (AvgIpc) is 3.17. The van der Waals surface area contributed by atoms with Gasteiger partial charge in [-0.25, -0.2) is 27.9 Å². The lowest BCUT2D eigenvalue weighted by Crippen LogP contribution is -2.52. The van der Waals surface area contributed by atoms with Crippen molar-refractivity contribution in [3.63, 3.8) is 0 Å². The highest BCUT2D eigenvalue weighted by atomic mass is 35.5. The Morgan fingerprint density at radius 1 is 1.24 bits per heavy atom. The first-order valence-corrected chi connectivity index (χ1v) is 12.4. The third-order valence-corrected chi connectivity index (χ3v) is 8.46. The van der Waals surface area contributed by atoms with E-state index in [0.29, 0.717) is 41.0 Å². The minimum Gasteiger partial charge on any atom is -0.369 e. The number of halogens is 2. The molecular weight excluding hydrogens is 469 g/mol. The van der Waals surface area contributed by atoms with Crippen molar-refractivity contribution in [1.29, 1.82) is 0 Å². The molecule has 0 spiro atoms. The van der Waals surface area contributed by atoms with Crippen LogP contribution < -0.4 is 5.73 Å². The molecule has 3 aromatic rings. The van der Waals surface area contributed by atoms with Crippen molar-refractivity contribution in [2.24, 2.45) is 15.1 Å². The van der Waals surface area contributed by atoms with Crippen molar-refractivity contribution < 1.29 is 13.1 Å². The van der Waals surface area contributed by atoms with E-state index >= 15 is 4.39 Å². The molecule has 2 N–H and O–H groups in total. The zero-order chi connectivity index (χ0) is 23.2. The van der Waals surface area contributed by atoms with Gasteiger partial charge in [-0.3, -0.25) is 4.31 Å². The van der Waals surface area contributed by atoms with Crippen molar-refractivity contribution in [3.8, 4) is 22.8 Å². The second-order valence-electron chi connectivity index (χ2n) is 8.15. The molecule has 0 unspecified atom stereocenters. The molecule has 0 bridgehead atoms. The highest BCUT2D eigenvalue weighted by Gasteiger charge is 2.42. The molecule has 2 aliphatic heterocycles. The zero-order valence-corrected chi connectivity index (χ0v) is 19.3. The van der Waals surface area contributed by atoms with Gasteiger partial charge in [0.2, 0.25) is 5.96 Å². The van der Waals surface area contributed by atoms with E-state index in [0.717, 1.165) is 12.8 Å². The summed E-state index contributed by atoms with van der Waals surface area (Å²) in [4.78, 5) is 12.8. The number of rotatable bonds is 3. The number of nitrogens with two attached hydrogens (primary N) is 1. The summed E-state index contributed by atoms with van der Waals surface area (Å²) in [5, 5.41) is 4.42. The van der Waals surface area contributed by atoms with Gasteiger partial charge in [-0.1, -0.05) is 16.8 Å². The van der Waals surface area contributed by atoms with Crippen LogP contribution >= 0.6 is 11.6 Å². The Morgan fingerprint density at radius 2 is 2.03 bits per heavy atom. The zero-order valence-electron chi connectivity index (χ0n) is 17.7. The van der Waals surface area contributed by atoms with Gasteiger partial charge in [0.15, 0.2) is 17.3 Å². The van der Waals surface area contributed by atoms with E-state index in [1.54, 1.807) is 29.4 Å². The number of aliphatic imine (C=N–C) groups is 1. The predicted molar refractivity (Wildman–Crippen MR) is 123 cm³/mol. The van der Waals surface area contributed by atoms with Crippen LogP contribution in [0.3, 0.4) is 0 Å². The third-order valence-electron chi connectivity index (χ3n) is 5.68. The average molecular weight is 490 g/mol. The van der Waals surface area contributed by atoms with E-state index in [9.17, 15) is 4.21 Å². The monoisotopic (exact) mass is 489 g/mol. The Hall–Kier alpha value is -3.05.